The number of thiophene rings is 1. The summed E-state index contributed by atoms with van der Waals surface area (Å²) in [5.74, 6) is -2.23. The number of nitrogens with one attached hydrogen (secondary N) is 1. The molecule has 0 aliphatic heterocycles. The lowest BCUT2D eigenvalue weighted by atomic mass is 10.2. The van der Waals surface area contributed by atoms with Crippen molar-refractivity contribution in [3.05, 3.63) is 57.0 Å². The van der Waals surface area contributed by atoms with Gasteiger partial charge in [0, 0.05) is 4.88 Å². The van der Waals surface area contributed by atoms with Crippen LogP contribution in [0.2, 0.25) is 5.02 Å². The van der Waals surface area contributed by atoms with Gasteiger partial charge in [-0.1, -0.05) is 23.7 Å². The minimum Gasteiger partial charge on any atom is -0.452 e. The Balaban J connectivity index is 1.90. The number of carbonyl (C=O) groups is 2. The van der Waals surface area contributed by atoms with Gasteiger partial charge in [0.25, 0.3) is 5.91 Å². The molecule has 4 nitrogen and oxygen atoms in total. The Bertz CT molecular complexity index is 655. The standard InChI is InChI=1S/C15H13ClFNO3S/c1-9(12-6-3-7-22-12)18-13(19)8-21-15(20)14-10(16)4-2-5-11(14)17/h2-7,9H,8H2,1H3,(H,18,19)/t9-/m1/s1. The average molecular weight is 342 g/mol. The van der Waals surface area contributed by atoms with Crippen molar-refractivity contribution in [2.45, 2.75) is 13.0 Å². The van der Waals surface area contributed by atoms with Crippen LogP contribution in [-0.2, 0) is 9.53 Å². The molecule has 1 atom stereocenters. The van der Waals surface area contributed by atoms with E-state index in [0.717, 1.165) is 10.9 Å². The molecule has 1 aromatic heterocycles. The summed E-state index contributed by atoms with van der Waals surface area (Å²) < 4.78 is 18.3. The maximum atomic E-state index is 13.5. The molecule has 2 rings (SSSR count). The Morgan fingerprint density at radius 1 is 1.36 bits per heavy atom. The molecule has 2 aromatic rings. The molecular weight excluding hydrogens is 329 g/mol. The number of carbonyl (C=O) groups excluding carboxylic acids is 2. The van der Waals surface area contributed by atoms with Crippen molar-refractivity contribution in [1.29, 1.82) is 0 Å². The van der Waals surface area contributed by atoms with Crippen molar-refractivity contribution >= 4 is 34.8 Å². The predicted octanol–water partition coefficient (Wildman–Crippen LogP) is 3.57. The van der Waals surface area contributed by atoms with Crippen molar-refractivity contribution in [2.24, 2.45) is 0 Å². The van der Waals surface area contributed by atoms with E-state index in [9.17, 15) is 14.0 Å². The highest BCUT2D eigenvalue weighted by Gasteiger charge is 2.19. The molecule has 1 amide bonds. The molecule has 0 aliphatic carbocycles. The van der Waals surface area contributed by atoms with Crippen molar-refractivity contribution in [2.75, 3.05) is 6.61 Å². The fraction of sp³-hybridized carbons (Fsp3) is 0.200. The first kappa shape index (κ1) is 16.5. The van der Waals surface area contributed by atoms with Gasteiger partial charge in [-0.25, -0.2) is 9.18 Å². The van der Waals surface area contributed by atoms with Gasteiger partial charge in [0.2, 0.25) is 0 Å². The zero-order chi connectivity index (χ0) is 16.1. The van der Waals surface area contributed by atoms with Gasteiger partial charge in [-0.2, -0.15) is 0 Å². The number of rotatable bonds is 5. The Morgan fingerprint density at radius 3 is 2.77 bits per heavy atom. The van der Waals surface area contributed by atoms with Crippen LogP contribution in [0.15, 0.2) is 35.7 Å². The summed E-state index contributed by atoms with van der Waals surface area (Å²) in [5, 5.41) is 4.53. The van der Waals surface area contributed by atoms with E-state index in [1.165, 1.54) is 23.5 Å². The smallest absolute Gasteiger partial charge is 0.343 e. The Kier molecular flexibility index (Phi) is 5.51. The van der Waals surface area contributed by atoms with Gasteiger partial charge < -0.3 is 10.1 Å². The highest BCUT2D eigenvalue weighted by atomic mass is 35.5. The van der Waals surface area contributed by atoms with Gasteiger partial charge in [-0.05, 0) is 30.5 Å². The van der Waals surface area contributed by atoms with Crippen molar-refractivity contribution < 1.29 is 18.7 Å². The molecule has 0 aliphatic rings. The third-order valence-electron chi connectivity index (χ3n) is 2.85. The molecule has 0 spiro atoms. The van der Waals surface area contributed by atoms with E-state index in [1.807, 2.05) is 24.4 Å². The van der Waals surface area contributed by atoms with Gasteiger partial charge in [-0.15, -0.1) is 11.3 Å². The summed E-state index contributed by atoms with van der Waals surface area (Å²) in [5.41, 5.74) is -0.372. The number of hydrogen-bond acceptors (Lipinski definition) is 4. The lowest BCUT2D eigenvalue weighted by molar-refractivity contribution is -0.124. The van der Waals surface area contributed by atoms with Crippen LogP contribution in [0, 0.1) is 5.82 Å². The van der Waals surface area contributed by atoms with E-state index >= 15 is 0 Å². The Labute approximate surface area is 135 Å². The monoisotopic (exact) mass is 341 g/mol. The van der Waals surface area contributed by atoms with E-state index in [1.54, 1.807) is 0 Å². The molecule has 0 unspecified atom stereocenters. The van der Waals surface area contributed by atoms with Crippen LogP contribution in [0.4, 0.5) is 4.39 Å². The van der Waals surface area contributed by atoms with Crippen LogP contribution in [0.25, 0.3) is 0 Å². The maximum Gasteiger partial charge on any atom is 0.343 e. The number of ether oxygens (including phenoxy) is 1. The molecule has 0 saturated carbocycles. The normalized spacial score (nSPS) is 11.8. The number of halogens is 2. The molecule has 1 aromatic carbocycles. The minimum absolute atomic E-state index is 0.0580. The van der Waals surface area contributed by atoms with Gasteiger partial charge in [-0.3, -0.25) is 4.79 Å². The third kappa shape index (κ3) is 4.05. The van der Waals surface area contributed by atoms with E-state index in [0.29, 0.717) is 0 Å². The first-order chi connectivity index (χ1) is 10.5. The van der Waals surface area contributed by atoms with Gasteiger partial charge >= 0.3 is 5.97 Å². The molecule has 1 heterocycles. The topological polar surface area (TPSA) is 55.4 Å². The van der Waals surface area contributed by atoms with Crippen molar-refractivity contribution in [3.8, 4) is 0 Å². The van der Waals surface area contributed by atoms with Crippen LogP contribution < -0.4 is 5.32 Å². The molecule has 1 N–H and O–H groups in total. The van der Waals surface area contributed by atoms with Gasteiger partial charge in [0.15, 0.2) is 6.61 Å². The average Bonchev–Trinajstić information content (AvgIpc) is 2.99. The summed E-state index contributed by atoms with van der Waals surface area (Å²) in [4.78, 5) is 24.5. The number of hydrogen-bond donors (Lipinski definition) is 1. The zero-order valence-corrected chi connectivity index (χ0v) is 13.2. The third-order valence-corrected chi connectivity index (χ3v) is 4.22. The minimum atomic E-state index is -0.970. The summed E-state index contributed by atoms with van der Waals surface area (Å²) >= 11 is 7.26. The molecule has 116 valence electrons. The summed E-state index contributed by atoms with van der Waals surface area (Å²) in [6.07, 6.45) is 0. The second-order valence-electron chi connectivity index (χ2n) is 4.48. The van der Waals surface area contributed by atoms with E-state index < -0.39 is 24.3 Å². The second kappa shape index (κ2) is 7.38. The van der Waals surface area contributed by atoms with E-state index in [2.05, 4.69) is 5.32 Å². The summed E-state index contributed by atoms with van der Waals surface area (Å²) in [7, 11) is 0. The lowest BCUT2D eigenvalue weighted by Gasteiger charge is -2.12. The molecule has 0 fully saturated rings. The maximum absolute atomic E-state index is 13.5. The number of benzene rings is 1. The molecule has 7 heteroatoms. The first-order valence-electron chi connectivity index (χ1n) is 6.43. The van der Waals surface area contributed by atoms with Crippen LogP contribution >= 0.6 is 22.9 Å². The summed E-state index contributed by atoms with van der Waals surface area (Å²) in [6, 6.07) is 7.43. The quantitative estimate of drug-likeness (QED) is 0.846. The Morgan fingerprint density at radius 2 is 2.14 bits per heavy atom. The summed E-state index contributed by atoms with van der Waals surface area (Å²) in [6.45, 7) is 1.32. The fourth-order valence-corrected chi connectivity index (χ4v) is 2.76. The lowest BCUT2D eigenvalue weighted by Crippen LogP contribution is -2.30. The zero-order valence-electron chi connectivity index (χ0n) is 11.6. The highest BCUT2D eigenvalue weighted by Crippen LogP contribution is 2.20. The predicted molar refractivity (Wildman–Crippen MR) is 82.6 cm³/mol. The number of amides is 1. The molecule has 0 saturated heterocycles. The van der Waals surface area contributed by atoms with Gasteiger partial charge in [0.1, 0.15) is 11.4 Å². The molecular formula is C15H13ClFNO3S. The van der Waals surface area contributed by atoms with E-state index in [-0.39, 0.29) is 16.6 Å². The van der Waals surface area contributed by atoms with Crippen LogP contribution in [0.1, 0.15) is 28.2 Å². The van der Waals surface area contributed by atoms with Crippen LogP contribution in [-0.4, -0.2) is 18.5 Å². The SMILES string of the molecule is C[C@@H](NC(=O)COC(=O)c1c(F)cccc1Cl)c1cccs1. The highest BCUT2D eigenvalue weighted by molar-refractivity contribution is 7.10. The van der Waals surface area contributed by atoms with Crippen LogP contribution in [0.3, 0.4) is 0 Å². The van der Waals surface area contributed by atoms with E-state index in [4.69, 9.17) is 16.3 Å². The Hall–Kier alpha value is -1.92. The second-order valence-corrected chi connectivity index (χ2v) is 5.86. The van der Waals surface area contributed by atoms with Crippen molar-refractivity contribution in [1.82, 2.24) is 5.32 Å². The van der Waals surface area contributed by atoms with Crippen LogP contribution in [0.5, 0.6) is 0 Å². The fourth-order valence-electron chi connectivity index (χ4n) is 1.79. The molecule has 22 heavy (non-hydrogen) atoms. The molecule has 0 bridgehead atoms. The largest absolute Gasteiger partial charge is 0.452 e. The van der Waals surface area contributed by atoms with Crippen molar-refractivity contribution in [3.63, 3.8) is 0 Å². The first-order valence-corrected chi connectivity index (χ1v) is 7.68. The molecule has 0 radical (unpaired) electrons. The number of esters is 1. The van der Waals surface area contributed by atoms with Gasteiger partial charge in [0.05, 0.1) is 11.1 Å².